The smallest absolute Gasteiger partial charge is 0.409 e. The molecule has 15 heteroatoms. The lowest BCUT2D eigenvalue weighted by molar-refractivity contribution is -0.137. The van der Waals surface area contributed by atoms with E-state index in [0.717, 1.165) is 12.8 Å². The summed E-state index contributed by atoms with van der Waals surface area (Å²) in [7, 11) is 0. The summed E-state index contributed by atoms with van der Waals surface area (Å²) in [4.78, 5) is 50.0. The number of nitrogens with one attached hydrogen (secondary N) is 2. The molecule has 0 saturated carbocycles. The normalized spacial score (nSPS) is 26.5. The Balaban J connectivity index is 1.19. The zero-order valence-corrected chi connectivity index (χ0v) is 21.9. The summed E-state index contributed by atoms with van der Waals surface area (Å²) in [6.07, 6.45) is -1.74. The predicted octanol–water partition coefficient (Wildman–Crippen LogP) is -1.36. The van der Waals surface area contributed by atoms with Crippen molar-refractivity contribution in [2.24, 2.45) is 5.92 Å². The first-order valence-corrected chi connectivity index (χ1v) is 13.2. The van der Waals surface area contributed by atoms with Crippen LogP contribution in [0.5, 0.6) is 0 Å². The van der Waals surface area contributed by atoms with Crippen LogP contribution in [0.3, 0.4) is 0 Å². The third-order valence-electron chi connectivity index (χ3n) is 7.24. The van der Waals surface area contributed by atoms with Gasteiger partial charge in [0.25, 0.3) is 5.91 Å². The lowest BCUT2D eigenvalue weighted by atomic mass is 9.94. The maximum atomic E-state index is 12.3. The van der Waals surface area contributed by atoms with Crippen LogP contribution in [0.1, 0.15) is 44.7 Å². The molecule has 3 amide bonds. The average molecular weight is 557 g/mol. The summed E-state index contributed by atoms with van der Waals surface area (Å²) >= 11 is 0. The van der Waals surface area contributed by atoms with Crippen molar-refractivity contribution in [3.63, 3.8) is 0 Å². The zero-order valence-electron chi connectivity index (χ0n) is 21.9. The molecule has 0 spiro atoms. The molecule has 2 aromatic rings. The minimum absolute atomic E-state index is 0.0329. The fourth-order valence-corrected chi connectivity index (χ4v) is 4.95. The molecule has 5 atom stereocenters. The number of β-lactam (4-membered cyclic amide) rings is 1. The number of hydrogen-bond acceptors (Lipinski definition) is 11. The summed E-state index contributed by atoms with van der Waals surface area (Å²) in [6.45, 7) is 3.38. The molecule has 40 heavy (non-hydrogen) atoms. The molecular formula is C25H32N8O7. The molecule has 214 valence electrons. The van der Waals surface area contributed by atoms with Crippen molar-refractivity contribution < 1.29 is 34.1 Å². The zero-order chi connectivity index (χ0) is 28.4. The number of imidazole rings is 1. The second-order valence-corrected chi connectivity index (χ2v) is 10.1. The van der Waals surface area contributed by atoms with E-state index in [1.807, 2.05) is 0 Å². The Labute approximate surface area is 229 Å². The molecule has 15 nitrogen and oxygen atoms in total. The summed E-state index contributed by atoms with van der Waals surface area (Å²) in [5.41, 5.74) is 6.61. The van der Waals surface area contributed by atoms with Crippen molar-refractivity contribution in [2.75, 3.05) is 32.0 Å². The van der Waals surface area contributed by atoms with Crippen LogP contribution in [0.2, 0.25) is 0 Å². The Morgan fingerprint density at radius 2 is 2.02 bits per heavy atom. The van der Waals surface area contributed by atoms with Crippen molar-refractivity contribution in [1.29, 1.82) is 0 Å². The highest BCUT2D eigenvalue weighted by molar-refractivity contribution is 5.83. The predicted molar refractivity (Wildman–Crippen MR) is 138 cm³/mol. The van der Waals surface area contributed by atoms with Crippen molar-refractivity contribution in [3.05, 3.63) is 12.2 Å². The van der Waals surface area contributed by atoms with Gasteiger partial charge in [0.15, 0.2) is 23.8 Å². The van der Waals surface area contributed by atoms with Gasteiger partial charge in [-0.3, -0.25) is 14.2 Å². The number of nitrogens with two attached hydrogens (primary N) is 1. The van der Waals surface area contributed by atoms with Crippen LogP contribution in [0.15, 0.2) is 6.33 Å². The standard InChI is InChI=1S/C25H32N8O7/c1-2-27-23(37)20-18(35)19(36)24(40-20)33-12-28-17-21(26)30-15(31-22(17)33)5-3-4-13-6-8-32(9-7-13)25(38)39-11-14-10-16(34)29-14/h12-14,18-20,24,35-36H,2,4,6-11H2,1H3,(H,27,37)(H,29,34)(H2,26,30,31)/t14?,18?,19-,20+,24-/m1/s1. The number of rotatable bonds is 6. The molecule has 6 N–H and O–H groups in total. The van der Waals surface area contributed by atoms with E-state index in [-0.39, 0.29) is 53.4 Å². The molecule has 5 heterocycles. The van der Waals surface area contributed by atoms with Gasteiger partial charge in [0, 0.05) is 26.1 Å². The highest BCUT2D eigenvalue weighted by atomic mass is 16.6. The first-order valence-electron chi connectivity index (χ1n) is 13.2. The Morgan fingerprint density at radius 3 is 2.73 bits per heavy atom. The number of amides is 3. The van der Waals surface area contributed by atoms with E-state index in [4.69, 9.17) is 15.2 Å². The van der Waals surface area contributed by atoms with E-state index < -0.39 is 30.4 Å². The van der Waals surface area contributed by atoms with Crippen LogP contribution in [0.4, 0.5) is 10.6 Å². The van der Waals surface area contributed by atoms with Crippen LogP contribution >= 0.6 is 0 Å². The number of carbonyl (C=O) groups excluding carboxylic acids is 3. The molecule has 0 bridgehead atoms. The Hall–Kier alpha value is -4.00. The number of nitrogens with zero attached hydrogens (tertiary/aromatic N) is 5. The molecule has 3 aliphatic rings. The van der Waals surface area contributed by atoms with Gasteiger partial charge in [-0.25, -0.2) is 19.7 Å². The number of hydrogen-bond donors (Lipinski definition) is 5. The second-order valence-electron chi connectivity index (χ2n) is 10.1. The number of aromatic nitrogens is 4. The number of nitrogen functional groups attached to an aromatic ring is 1. The first-order chi connectivity index (χ1) is 19.2. The van der Waals surface area contributed by atoms with Crippen molar-refractivity contribution in [2.45, 2.75) is 63.2 Å². The van der Waals surface area contributed by atoms with Crippen LogP contribution in [-0.4, -0.2) is 103 Å². The maximum absolute atomic E-state index is 12.3. The van der Waals surface area contributed by atoms with E-state index in [1.54, 1.807) is 11.8 Å². The fraction of sp³-hybridized carbons (Fsp3) is 0.600. The van der Waals surface area contributed by atoms with Crippen LogP contribution in [0.25, 0.3) is 11.2 Å². The van der Waals surface area contributed by atoms with Crippen LogP contribution < -0.4 is 16.4 Å². The first kappa shape index (κ1) is 27.6. The van der Waals surface area contributed by atoms with Crippen molar-refractivity contribution in [3.8, 4) is 11.8 Å². The second kappa shape index (κ2) is 11.6. The fourth-order valence-electron chi connectivity index (χ4n) is 4.95. The third-order valence-corrected chi connectivity index (χ3v) is 7.24. The molecule has 0 aliphatic carbocycles. The number of carbonyl (C=O) groups is 3. The minimum atomic E-state index is -1.44. The van der Waals surface area contributed by atoms with Crippen molar-refractivity contribution >= 4 is 34.9 Å². The molecule has 3 saturated heterocycles. The van der Waals surface area contributed by atoms with Gasteiger partial charge in [-0.15, -0.1) is 0 Å². The number of aliphatic hydroxyl groups excluding tert-OH is 2. The number of aliphatic hydroxyl groups is 2. The summed E-state index contributed by atoms with van der Waals surface area (Å²) in [6, 6.07) is -0.0926. The van der Waals surface area contributed by atoms with Crippen molar-refractivity contribution in [1.82, 2.24) is 35.1 Å². The number of piperidine rings is 1. The topological polar surface area (TPSA) is 207 Å². The molecule has 0 radical (unpaired) electrons. The summed E-state index contributed by atoms with van der Waals surface area (Å²) < 4.78 is 12.4. The van der Waals surface area contributed by atoms with E-state index in [9.17, 15) is 24.6 Å². The van der Waals surface area contributed by atoms with E-state index in [0.29, 0.717) is 32.5 Å². The number of anilines is 1. The van der Waals surface area contributed by atoms with E-state index in [2.05, 4.69) is 37.4 Å². The maximum Gasteiger partial charge on any atom is 0.409 e. The Bertz CT molecular complexity index is 1340. The molecule has 0 aromatic carbocycles. The average Bonchev–Trinajstić information content (AvgIpc) is 3.47. The van der Waals surface area contributed by atoms with Gasteiger partial charge >= 0.3 is 6.09 Å². The molecule has 3 fully saturated rings. The lowest BCUT2D eigenvalue weighted by Crippen LogP contribution is -2.52. The number of likely N-dealkylation sites (N-methyl/N-ethyl adjacent to an activating group) is 1. The number of fused-ring (bicyclic) bond motifs is 1. The highest BCUT2D eigenvalue weighted by Crippen LogP contribution is 2.32. The van der Waals surface area contributed by atoms with Crippen LogP contribution in [-0.2, 0) is 19.1 Å². The van der Waals surface area contributed by atoms with Gasteiger partial charge in [-0.1, -0.05) is 5.92 Å². The molecule has 2 unspecified atom stereocenters. The summed E-state index contributed by atoms with van der Waals surface area (Å²) in [5.74, 6) is 5.98. The van der Waals surface area contributed by atoms with E-state index >= 15 is 0 Å². The SMILES string of the molecule is CCNC(=O)[C@H]1O[C@@H](n2cnc3c(N)nc(C#CCC4CCN(C(=O)OCC5CC(=O)N5)CC4)nc32)[C@H](O)C1O. The van der Waals surface area contributed by atoms with Gasteiger partial charge < -0.3 is 41.0 Å². The van der Waals surface area contributed by atoms with Crippen LogP contribution in [0, 0.1) is 17.8 Å². The van der Waals surface area contributed by atoms with Gasteiger partial charge in [0.05, 0.1) is 18.8 Å². The largest absolute Gasteiger partial charge is 0.447 e. The molecule has 2 aromatic heterocycles. The lowest BCUT2D eigenvalue weighted by Gasteiger charge is -2.32. The number of ether oxygens (including phenoxy) is 2. The van der Waals surface area contributed by atoms with Gasteiger partial charge in [0.1, 0.15) is 24.3 Å². The van der Waals surface area contributed by atoms with Gasteiger partial charge in [0.2, 0.25) is 11.7 Å². The van der Waals surface area contributed by atoms with E-state index in [1.165, 1.54) is 10.9 Å². The third kappa shape index (κ3) is 5.64. The van der Waals surface area contributed by atoms with Gasteiger partial charge in [-0.05, 0) is 31.6 Å². The molecular weight excluding hydrogens is 524 g/mol. The monoisotopic (exact) mass is 556 g/mol. The Kier molecular flexibility index (Phi) is 8.01. The quantitative estimate of drug-likeness (QED) is 0.207. The minimum Gasteiger partial charge on any atom is -0.447 e. The molecule has 3 aliphatic heterocycles. The summed E-state index contributed by atoms with van der Waals surface area (Å²) in [5, 5.41) is 26.2. The number of likely N-dealkylation sites (tertiary alicyclic amines) is 1. The Morgan fingerprint density at radius 1 is 1.27 bits per heavy atom. The highest BCUT2D eigenvalue weighted by Gasteiger charge is 2.47. The molecule has 5 rings (SSSR count). The van der Waals surface area contributed by atoms with Gasteiger partial charge in [-0.2, -0.15) is 0 Å².